The van der Waals surface area contributed by atoms with Gasteiger partial charge in [-0.1, -0.05) is 0 Å². The molecule has 0 saturated heterocycles. The van der Waals surface area contributed by atoms with Crippen molar-refractivity contribution in [2.24, 2.45) is 5.73 Å². The third-order valence-electron chi connectivity index (χ3n) is 2.15. The van der Waals surface area contributed by atoms with E-state index in [4.69, 9.17) is 5.73 Å². The van der Waals surface area contributed by atoms with Gasteiger partial charge in [-0.3, -0.25) is 4.79 Å². The van der Waals surface area contributed by atoms with Crippen molar-refractivity contribution in [3.05, 3.63) is 29.6 Å². The molecular formula is C9H9FN2O. The molecule has 3 N–H and O–H groups in total. The molecule has 1 aromatic carbocycles. The Morgan fingerprint density at radius 3 is 3.08 bits per heavy atom. The van der Waals surface area contributed by atoms with Gasteiger partial charge >= 0.3 is 0 Å². The molecule has 0 aliphatic carbocycles. The maximum Gasteiger partial charge on any atom is 0.173 e. The van der Waals surface area contributed by atoms with E-state index in [1.54, 1.807) is 6.07 Å². The molecule has 1 unspecified atom stereocenters. The lowest BCUT2D eigenvalue weighted by Crippen LogP contribution is -2.32. The highest BCUT2D eigenvalue weighted by atomic mass is 19.1. The molecule has 1 aromatic rings. The molecule has 0 spiro atoms. The van der Waals surface area contributed by atoms with Crippen LogP contribution in [0, 0.1) is 5.82 Å². The van der Waals surface area contributed by atoms with Crippen molar-refractivity contribution in [3.63, 3.8) is 0 Å². The molecule has 0 fully saturated rings. The first-order valence-electron chi connectivity index (χ1n) is 4.00. The zero-order valence-electron chi connectivity index (χ0n) is 6.88. The van der Waals surface area contributed by atoms with Crippen LogP contribution in [0.3, 0.4) is 0 Å². The van der Waals surface area contributed by atoms with Gasteiger partial charge in [-0.25, -0.2) is 4.39 Å². The summed E-state index contributed by atoms with van der Waals surface area (Å²) < 4.78 is 12.8. The molecule has 3 nitrogen and oxygen atoms in total. The minimum Gasteiger partial charge on any atom is -0.378 e. The standard InChI is InChI=1S/C9H9FN2O/c10-5-1-2-7-6(3-5)9(11)8(13)4-12-7/h1-3,9,12H,4,11H2. The van der Waals surface area contributed by atoms with Crippen LogP contribution in [0.1, 0.15) is 11.6 Å². The van der Waals surface area contributed by atoms with E-state index >= 15 is 0 Å². The topological polar surface area (TPSA) is 55.1 Å². The molecule has 1 atom stereocenters. The van der Waals surface area contributed by atoms with E-state index < -0.39 is 6.04 Å². The van der Waals surface area contributed by atoms with Gasteiger partial charge in [0.2, 0.25) is 0 Å². The number of Topliss-reactive ketones (excluding diaryl/α,β-unsaturated/α-hetero) is 1. The van der Waals surface area contributed by atoms with Gasteiger partial charge in [-0.15, -0.1) is 0 Å². The molecule has 13 heavy (non-hydrogen) atoms. The molecular weight excluding hydrogens is 171 g/mol. The first kappa shape index (κ1) is 8.19. The van der Waals surface area contributed by atoms with Crippen molar-refractivity contribution in [2.75, 3.05) is 11.9 Å². The van der Waals surface area contributed by atoms with Crippen molar-refractivity contribution in [1.29, 1.82) is 0 Å². The molecule has 0 bridgehead atoms. The largest absolute Gasteiger partial charge is 0.378 e. The number of anilines is 1. The molecule has 2 rings (SSSR count). The summed E-state index contributed by atoms with van der Waals surface area (Å²) in [6.07, 6.45) is 0. The first-order valence-corrected chi connectivity index (χ1v) is 4.00. The molecule has 1 aliphatic heterocycles. The number of fused-ring (bicyclic) bond motifs is 1. The summed E-state index contributed by atoms with van der Waals surface area (Å²) in [7, 11) is 0. The second kappa shape index (κ2) is 2.81. The maximum absolute atomic E-state index is 12.8. The van der Waals surface area contributed by atoms with E-state index in [2.05, 4.69) is 5.32 Å². The van der Waals surface area contributed by atoms with E-state index in [9.17, 15) is 9.18 Å². The zero-order chi connectivity index (χ0) is 9.42. The predicted molar refractivity (Wildman–Crippen MR) is 46.8 cm³/mol. The zero-order valence-corrected chi connectivity index (χ0v) is 6.88. The van der Waals surface area contributed by atoms with Gasteiger partial charge in [0.15, 0.2) is 5.78 Å². The second-order valence-electron chi connectivity index (χ2n) is 3.03. The van der Waals surface area contributed by atoms with E-state index in [-0.39, 0.29) is 18.1 Å². The minimum atomic E-state index is -0.688. The summed E-state index contributed by atoms with van der Waals surface area (Å²) in [6, 6.07) is 3.54. The van der Waals surface area contributed by atoms with Crippen molar-refractivity contribution in [2.45, 2.75) is 6.04 Å². The molecule has 0 saturated carbocycles. The quantitative estimate of drug-likeness (QED) is 0.621. The number of hydrogen-bond acceptors (Lipinski definition) is 3. The maximum atomic E-state index is 12.8. The van der Waals surface area contributed by atoms with Crippen molar-refractivity contribution in [3.8, 4) is 0 Å². The molecule has 4 heteroatoms. The average molecular weight is 180 g/mol. The lowest BCUT2D eigenvalue weighted by molar-refractivity contribution is -0.119. The van der Waals surface area contributed by atoms with Crippen LogP contribution < -0.4 is 11.1 Å². The summed E-state index contributed by atoms with van der Waals surface area (Å²) in [5.41, 5.74) is 6.88. The number of hydrogen-bond donors (Lipinski definition) is 2. The normalized spacial score (nSPS) is 20.8. The lowest BCUT2D eigenvalue weighted by atomic mass is 9.98. The summed E-state index contributed by atoms with van der Waals surface area (Å²) in [5.74, 6) is -0.483. The Hall–Kier alpha value is -1.42. The number of nitrogens with two attached hydrogens (primary N) is 1. The second-order valence-corrected chi connectivity index (χ2v) is 3.03. The Labute approximate surface area is 74.7 Å². The van der Waals surface area contributed by atoms with Crippen LogP contribution in [-0.2, 0) is 4.79 Å². The van der Waals surface area contributed by atoms with Crippen LogP contribution in [0.25, 0.3) is 0 Å². The fourth-order valence-corrected chi connectivity index (χ4v) is 1.42. The Bertz CT molecular complexity index is 365. The number of rotatable bonds is 0. The van der Waals surface area contributed by atoms with Crippen LogP contribution >= 0.6 is 0 Å². The Morgan fingerprint density at radius 1 is 1.54 bits per heavy atom. The molecule has 1 heterocycles. The van der Waals surface area contributed by atoms with Crippen LogP contribution in [0.4, 0.5) is 10.1 Å². The number of nitrogens with one attached hydrogen (secondary N) is 1. The highest BCUT2D eigenvalue weighted by Crippen LogP contribution is 2.26. The fraction of sp³-hybridized carbons (Fsp3) is 0.222. The Morgan fingerprint density at radius 2 is 2.31 bits per heavy atom. The highest BCUT2D eigenvalue weighted by Gasteiger charge is 2.23. The fourth-order valence-electron chi connectivity index (χ4n) is 1.42. The van der Waals surface area contributed by atoms with Crippen LogP contribution in [0.2, 0.25) is 0 Å². The van der Waals surface area contributed by atoms with E-state index in [1.165, 1.54) is 12.1 Å². The van der Waals surface area contributed by atoms with Gasteiger partial charge in [0.05, 0.1) is 12.6 Å². The van der Waals surface area contributed by atoms with Gasteiger partial charge in [0.1, 0.15) is 5.82 Å². The van der Waals surface area contributed by atoms with Gasteiger partial charge in [0, 0.05) is 11.3 Å². The number of carbonyl (C=O) groups excluding carboxylic acids is 1. The van der Waals surface area contributed by atoms with Crippen LogP contribution in [0.15, 0.2) is 18.2 Å². The lowest BCUT2D eigenvalue weighted by Gasteiger charge is -2.22. The van der Waals surface area contributed by atoms with E-state index in [1.807, 2.05) is 0 Å². The highest BCUT2D eigenvalue weighted by molar-refractivity contribution is 5.93. The van der Waals surface area contributed by atoms with Gasteiger partial charge in [0.25, 0.3) is 0 Å². The smallest absolute Gasteiger partial charge is 0.173 e. The minimum absolute atomic E-state index is 0.113. The van der Waals surface area contributed by atoms with Crippen molar-refractivity contribution in [1.82, 2.24) is 0 Å². The van der Waals surface area contributed by atoms with Crippen LogP contribution in [-0.4, -0.2) is 12.3 Å². The van der Waals surface area contributed by atoms with Gasteiger partial charge in [-0.05, 0) is 18.2 Å². The van der Waals surface area contributed by atoms with E-state index in [0.29, 0.717) is 5.56 Å². The van der Waals surface area contributed by atoms with Gasteiger partial charge < -0.3 is 11.1 Å². The molecule has 68 valence electrons. The monoisotopic (exact) mass is 180 g/mol. The third kappa shape index (κ3) is 1.29. The summed E-state index contributed by atoms with van der Waals surface area (Å²) in [4.78, 5) is 11.2. The Kier molecular flexibility index (Phi) is 1.77. The van der Waals surface area contributed by atoms with Crippen LogP contribution in [0.5, 0.6) is 0 Å². The SMILES string of the molecule is NC1C(=O)CNc2ccc(F)cc21. The number of carbonyl (C=O) groups is 1. The first-order chi connectivity index (χ1) is 6.18. The molecule has 0 aromatic heterocycles. The van der Waals surface area contributed by atoms with Gasteiger partial charge in [-0.2, -0.15) is 0 Å². The molecule has 1 aliphatic rings. The number of ketones is 1. The predicted octanol–water partition coefficient (Wildman–Crippen LogP) is 0.820. The van der Waals surface area contributed by atoms with Crippen molar-refractivity contribution >= 4 is 11.5 Å². The van der Waals surface area contributed by atoms with E-state index in [0.717, 1.165) is 5.69 Å². The molecule has 0 radical (unpaired) electrons. The third-order valence-corrected chi connectivity index (χ3v) is 2.15. The summed E-state index contributed by atoms with van der Waals surface area (Å²) in [6.45, 7) is 0.222. The summed E-state index contributed by atoms with van der Waals surface area (Å²) >= 11 is 0. The molecule has 0 amide bonds. The van der Waals surface area contributed by atoms with Crippen molar-refractivity contribution < 1.29 is 9.18 Å². The Balaban J connectivity index is 2.51. The number of halogens is 1. The number of benzene rings is 1. The average Bonchev–Trinajstić information content (AvgIpc) is 2.12. The summed E-state index contributed by atoms with van der Waals surface area (Å²) in [5, 5.41) is 2.87.